The number of halogens is 1. The molecule has 1 amide bonds. The summed E-state index contributed by atoms with van der Waals surface area (Å²) in [7, 11) is 1.62. The third-order valence-corrected chi connectivity index (χ3v) is 5.76. The molecule has 0 radical (unpaired) electrons. The number of hydrogen-bond acceptors (Lipinski definition) is 3. The van der Waals surface area contributed by atoms with Crippen LogP contribution in [0.25, 0.3) is 0 Å². The van der Waals surface area contributed by atoms with Gasteiger partial charge in [0.25, 0.3) is 0 Å². The molecular weight excluding hydrogens is 336 g/mol. The lowest BCUT2D eigenvalue weighted by Crippen LogP contribution is -2.41. The molecule has 4 nitrogen and oxygen atoms in total. The first-order valence-corrected chi connectivity index (χ1v) is 9.77. The van der Waals surface area contributed by atoms with Gasteiger partial charge in [-0.2, -0.15) is 0 Å². The molecule has 1 saturated carbocycles. The van der Waals surface area contributed by atoms with Crippen molar-refractivity contribution in [2.45, 2.75) is 63.5 Å². The van der Waals surface area contributed by atoms with Crippen LogP contribution in [-0.4, -0.2) is 30.2 Å². The fraction of sp³-hybridized carbons (Fsp3) is 0.650. The van der Waals surface area contributed by atoms with Crippen molar-refractivity contribution in [2.24, 2.45) is 17.6 Å². The van der Waals surface area contributed by atoms with Crippen LogP contribution in [-0.2, 0) is 11.2 Å². The highest BCUT2D eigenvalue weighted by atomic mass is 35.5. The Balaban J connectivity index is 1.95. The normalized spacial score (nSPS) is 19.2. The lowest BCUT2D eigenvalue weighted by atomic mass is 9.82. The summed E-state index contributed by atoms with van der Waals surface area (Å²) in [6, 6.07) is 7.25. The predicted octanol–water partition coefficient (Wildman–Crippen LogP) is 3.29. The van der Waals surface area contributed by atoms with Gasteiger partial charge in [0.1, 0.15) is 0 Å². The summed E-state index contributed by atoms with van der Waals surface area (Å²) in [5, 5.41) is 13.9. The highest BCUT2D eigenvalue weighted by Gasteiger charge is 2.27. The lowest BCUT2D eigenvalue weighted by molar-refractivity contribution is -0.125. The number of benzene rings is 1. The molecule has 1 fully saturated rings. The van der Waals surface area contributed by atoms with E-state index in [1.807, 2.05) is 24.3 Å². The molecule has 0 aliphatic heterocycles. The summed E-state index contributed by atoms with van der Waals surface area (Å²) in [4.78, 5) is 12.3. The molecule has 25 heavy (non-hydrogen) atoms. The van der Waals surface area contributed by atoms with E-state index in [0.29, 0.717) is 23.8 Å². The molecule has 3 atom stereocenters. The minimum Gasteiger partial charge on any atom is -0.391 e. The number of carbonyl (C=O) groups excluding carboxylic acids is 1. The highest BCUT2D eigenvalue weighted by molar-refractivity contribution is 6.31. The maximum atomic E-state index is 12.3. The van der Waals surface area contributed by atoms with Gasteiger partial charge in [-0.1, -0.05) is 61.9 Å². The molecular formula is C20H31ClN2O2. The quantitative estimate of drug-likeness (QED) is 0.660. The first kappa shape index (κ1) is 20.2. The van der Waals surface area contributed by atoms with Crippen LogP contribution in [0.3, 0.4) is 0 Å². The van der Waals surface area contributed by atoms with Crippen LogP contribution in [0.15, 0.2) is 24.3 Å². The molecule has 0 heterocycles. The van der Waals surface area contributed by atoms with Crippen molar-refractivity contribution < 1.29 is 9.90 Å². The van der Waals surface area contributed by atoms with Gasteiger partial charge < -0.3 is 16.2 Å². The molecule has 1 aliphatic carbocycles. The summed E-state index contributed by atoms with van der Waals surface area (Å²) in [6.45, 7) is 0. The van der Waals surface area contributed by atoms with E-state index >= 15 is 0 Å². The van der Waals surface area contributed by atoms with Crippen LogP contribution in [0.5, 0.6) is 0 Å². The van der Waals surface area contributed by atoms with Crippen LogP contribution in [0.4, 0.5) is 0 Å². The molecule has 0 unspecified atom stereocenters. The van der Waals surface area contributed by atoms with Crippen molar-refractivity contribution in [1.82, 2.24) is 5.32 Å². The number of carbonyl (C=O) groups is 1. The second kappa shape index (κ2) is 10.1. The molecule has 4 N–H and O–H groups in total. The minimum absolute atomic E-state index is 0.0798. The van der Waals surface area contributed by atoms with Crippen molar-refractivity contribution in [3.63, 3.8) is 0 Å². The van der Waals surface area contributed by atoms with E-state index in [-0.39, 0.29) is 17.9 Å². The number of amides is 1. The summed E-state index contributed by atoms with van der Waals surface area (Å²) in [5.74, 6) is 0.196. The average Bonchev–Trinajstić information content (AvgIpc) is 2.63. The van der Waals surface area contributed by atoms with E-state index in [9.17, 15) is 9.90 Å². The topological polar surface area (TPSA) is 75.3 Å². The molecule has 2 rings (SSSR count). The van der Waals surface area contributed by atoms with E-state index in [1.54, 1.807) is 7.05 Å². The van der Waals surface area contributed by atoms with Crippen LogP contribution in [0, 0.1) is 11.8 Å². The van der Waals surface area contributed by atoms with Crippen molar-refractivity contribution in [3.05, 3.63) is 34.9 Å². The Hall–Kier alpha value is -1.10. The smallest absolute Gasteiger partial charge is 0.223 e. The Kier molecular flexibility index (Phi) is 8.20. The molecule has 0 bridgehead atoms. The highest BCUT2D eigenvalue weighted by Crippen LogP contribution is 2.29. The zero-order valence-corrected chi connectivity index (χ0v) is 15.8. The van der Waals surface area contributed by atoms with Crippen molar-refractivity contribution in [2.75, 3.05) is 7.05 Å². The molecule has 1 aliphatic rings. The Morgan fingerprint density at radius 1 is 1.32 bits per heavy atom. The first-order chi connectivity index (χ1) is 12.0. The van der Waals surface area contributed by atoms with Crippen molar-refractivity contribution in [1.29, 1.82) is 0 Å². The van der Waals surface area contributed by atoms with E-state index < -0.39 is 6.10 Å². The summed E-state index contributed by atoms with van der Waals surface area (Å²) in [5.41, 5.74) is 7.18. The number of nitrogens with two attached hydrogens (primary N) is 1. The maximum Gasteiger partial charge on any atom is 0.223 e. The Labute approximate surface area is 156 Å². The number of aliphatic hydroxyl groups excluding tert-OH is 1. The van der Waals surface area contributed by atoms with Gasteiger partial charge >= 0.3 is 0 Å². The number of hydrogen-bond donors (Lipinski definition) is 3. The van der Waals surface area contributed by atoms with Gasteiger partial charge in [0, 0.05) is 24.0 Å². The van der Waals surface area contributed by atoms with Crippen LogP contribution < -0.4 is 11.1 Å². The summed E-state index contributed by atoms with van der Waals surface area (Å²) < 4.78 is 0. The number of nitrogens with one attached hydrogen (secondary N) is 1. The summed E-state index contributed by atoms with van der Waals surface area (Å²) >= 11 is 6.23. The van der Waals surface area contributed by atoms with Crippen LogP contribution in [0.2, 0.25) is 5.02 Å². The molecule has 5 heteroatoms. The third-order valence-electron chi connectivity index (χ3n) is 5.39. The Morgan fingerprint density at radius 3 is 2.64 bits per heavy atom. The van der Waals surface area contributed by atoms with Gasteiger partial charge in [0.15, 0.2) is 0 Å². The SMILES string of the molecule is CNC(=O)[C@H](Cc1ccccc1Cl)C[C@H](O)[C@@H](N)CC1CCCCC1. The molecule has 1 aromatic rings. The van der Waals surface area contributed by atoms with E-state index in [2.05, 4.69) is 5.32 Å². The summed E-state index contributed by atoms with van der Waals surface area (Å²) in [6.07, 6.45) is 7.29. The van der Waals surface area contributed by atoms with Crippen molar-refractivity contribution >= 4 is 17.5 Å². The molecule has 0 spiro atoms. The van der Waals surface area contributed by atoms with Gasteiger partial charge in [-0.25, -0.2) is 0 Å². The largest absolute Gasteiger partial charge is 0.391 e. The standard InChI is InChI=1S/C20H31ClN2O2/c1-23-20(25)16(12-15-9-5-6-10-17(15)21)13-19(24)18(22)11-14-7-3-2-4-8-14/h5-6,9-10,14,16,18-19,24H,2-4,7-8,11-13,22H2,1H3,(H,23,25)/t16-,18+,19+/m1/s1. The van der Waals surface area contributed by atoms with Gasteiger partial charge in [-0.05, 0) is 36.8 Å². The fourth-order valence-corrected chi connectivity index (χ4v) is 4.06. The van der Waals surface area contributed by atoms with Crippen LogP contribution in [0.1, 0.15) is 50.5 Å². The average molecular weight is 367 g/mol. The molecule has 0 saturated heterocycles. The second-order valence-corrected chi connectivity index (χ2v) is 7.72. The lowest BCUT2D eigenvalue weighted by Gasteiger charge is -2.28. The Morgan fingerprint density at radius 2 is 2.00 bits per heavy atom. The zero-order chi connectivity index (χ0) is 18.2. The van der Waals surface area contributed by atoms with E-state index in [1.165, 1.54) is 32.1 Å². The second-order valence-electron chi connectivity index (χ2n) is 7.31. The monoisotopic (exact) mass is 366 g/mol. The van der Waals surface area contributed by atoms with Crippen molar-refractivity contribution in [3.8, 4) is 0 Å². The maximum absolute atomic E-state index is 12.3. The fourth-order valence-electron chi connectivity index (χ4n) is 3.85. The molecule has 1 aromatic carbocycles. The Bertz CT molecular complexity index is 546. The van der Waals surface area contributed by atoms with E-state index in [4.69, 9.17) is 17.3 Å². The first-order valence-electron chi connectivity index (χ1n) is 9.40. The third kappa shape index (κ3) is 6.28. The van der Waals surface area contributed by atoms with Gasteiger partial charge in [-0.3, -0.25) is 4.79 Å². The number of aliphatic hydroxyl groups is 1. The van der Waals surface area contributed by atoms with Crippen LogP contribution >= 0.6 is 11.6 Å². The molecule has 0 aromatic heterocycles. The minimum atomic E-state index is -0.674. The number of rotatable bonds is 8. The predicted molar refractivity (Wildman–Crippen MR) is 103 cm³/mol. The van der Waals surface area contributed by atoms with Gasteiger partial charge in [0.2, 0.25) is 5.91 Å². The van der Waals surface area contributed by atoms with Gasteiger partial charge in [-0.15, -0.1) is 0 Å². The molecule has 140 valence electrons. The van der Waals surface area contributed by atoms with Gasteiger partial charge in [0.05, 0.1) is 6.10 Å². The zero-order valence-electron chi connectivity index (χ0n) is 15.1. The van der Waals surface area contributed by atoms with E-state index in [0.717, 1.165) is 12.0 Å².